The van der Waals surface area contributed by atoms with Gasteiger partial charge in [0, 0.05) is 4.75 Å². The predicted molar refractivity (Wildman–Crippen MR) is 86.1 cm³/mol. The Bertz CT molecular complexity index is 696. The third-order valence-corrected chi connectivity index (χ3v) is 5.81. The van der Waals surface area contributed by atoms with Crippen molar-refractivity contribution in [1.29, 1.82) is 0 Å². The molecule has 0 bridgehead atoms. The minimum absolute atomic E-state index is 0.142. The summed E-state index contributed by atoms with van der Waals surface area (Å²) < 4.78 is 4.78. The standard InChI is InChI=1S/C17H17NO4S/c1-4-17(21)14(20)18-12(16(2,3)23-15(17)18)13(19)22-10-11-8-6-5-7-9-11/h1,5-9,12,15,21H,10H2,2-3H3/t12-,15+,17+/m0/s1. The monoisotopic (exact) mass is 331 g/mol. The van der Waals surface area contributed by atoms with Gasteiger partial charge < -0.3 is 14.7 Å². The van der Waals surface area contributed by atoms with Crippen molar-refractivity contribution in [2.45, 2.75) is 42.2 Å². The first-order valence-corrected chi connectivity index (χ1v) is 8.10. The molecule has 120 valence electrons. The molecule has 1 amide bonds. The number of fused-ring (bicyclic) bond motifs is 1. The average molecular weight is 331 g/mol. The van der Waals surface area contributed by atoms with Crippen molar-refractivity contribution >= 4 is 23.6 Å². The maximum Gasteiger partial charge on any atom is 0.330 e. The van der Waals surface area contributed by atoms with Crippen LogP contribution in [0.3, 0.4) is 0 Å². The SMILES string of the molecule is C#C[C@@]1(O)C(=O)N2[C@@H](C(=O)OCc3ccccc3)C(C)(C)S[C@@H]21. The van der Waals surface area contributed by atoms with Gasteiger partial charge in [-0.2, -0.15) is 0 Å². The first kappa shape index (κ1) is 15.9. The van der Waals surface area contributed by atoms with Crippen LogP contribution in [0, 0.1) is 12.3 Å². The molecule has 1 N–H and O–H groups in total. The number of nitrogens with zero attached hydrogens (tertiary/aromatic N) is 1. The zero-order valence-corrected chi connectivity index (χ0v) is 13.7. The van der Waals surface area contributed by atoms with Crippen molar-refractivity contribution in [1.82, 2.24) is 4.90 Å². The van der Waals surface area contributed by atoms with Gasteiger partial charge in [-0.1, -0.05) is 36.3 Å². The maximum absolute atomic E-state index is 12.5. The van der Waals surface area contributed by atoms with E-state index in [1.165, 1.54) is 16.7 Å². The number of hydrogen-bond acceptors (Lipinski definition) is 5. The van der Waals surface area contributed by atoms with E-state index in [1.54, 1.807) is 0 Å². The number of carbonyl (C=O) groups excluding carboxylic acids is 2. The van der Waals surface area contributed by atoms with Crippen molar-refractivity contribution < 1.29 is 19.4 Å². The molecule has 0 saturated carbocycles. The van der Waals surface area contributed by atoms with Crippen LogP contribution in [0.2, 0.25) is 0 Å². The average Bonchev–Trinajstić information content (AvgIpc) is 2.82. The largest absolute Gasteiger partial charge is 0.459 e. The lowest BCUT2D eigenvalue weighted by molar-refractivity contribution is -0.180. The fourth-order valence-electron chi connectivity index (χ4n) is 2.96. The topological polar surface area (TPSA) is 66.8 Å². The minimum Gasteiger partial charge on any atom is -0.459 e. The number of terminal acetylenes is 1. The molecular weight excluding hydrogens is 314 g/mol. The van der Waals surface area contributed by atoms with Crippen LogP contribution in [-0.4, -0.2) is 43.6 Å². The zero-order chi connectivity index (χ0) is 16.8. The quantitative estimate of drug-likeness (QED) is 0.511. The van der Waals surface area contributed by atoms with Crippen LogP contribution in [0.5, 0.6) is 0 Å². The lowest BCUT2D eigenvalue weighted by Crippen LogP contribution is -2.73. The highest BCUT2D eigenvalue weighted by Gasteiger charge is 2.71. The highest BCUT2D eigenvalue weighted by Crippen LogP contribution is 2.54. The van der Waals surface area contributed by atoms with E-state index in [4.69, 9.17) is 11.2 Å². The van der Waals surface area contributed by atoms with Gasteiger partial charge >= 0.3 is 5.97 Å². The highest BCUT2D eigenvalue weighted by atomic mass is 32.2. The molecule has 23 heavy (non-hydrogen) atoms. The Morgan fingerprint density at radius 3 is 2.70 bits per heavy atom. The van der Waals surface area contributed by atoms with Crippen molar-refractivity contribution in [3.63, 3.8) is 0 Å². The first-order chi connectivity index (χ1) is 10.8. The number of β-lactam (4-membered cyclic amide) rings is 1. The van der Waals surface area contributed by atoms with Gasteiger partial charge in [0.2, 0.25) is 5.60 Å². The number of benzene rings is 1. The maximum atomic E-state index is 12.5. The molecule has 0 radical (unpaired) electrons. The Morgan fingerprint density at radius 1 is 1.43 bits per heavy atom. The van der Waals surface area contributed by atoms with Crippen molar-refractivity contribution in [2.24, 2.45) is 0 Å². The van der Waals surface area contributed by atoms with Crippen molar-refractivity contribution in [3.8, 4) is 12.3 Å². The molecule has 5 nitrogen and oxygen atoms in total. The molecule has 0 spiro atoms. The summed E-state index contributed by atoms with van der Waals surface area (Å²) in [7, 11) is 0. The van der Waals surface area contributed by atoms with Gasteiger partial charge in [-0.3, -0.25) is 4.79 Å². The molecule has 0 aromatic heterocycles. The van der Waals surface area contributed by atoms with Gasteiger partial charge in [-0.15, -0.1) is 18.2 Å². The molecule has 3 atom stereocenters. The number of hydrogen-bond donors (Lipinski definition) is 1. The molecule has 0 unspecified atom stereocenters. The molecule has 3 rings (SSSR count). The van der Waals surface area contributed by atoms with Crippen molar-refractivity contribution in [2.75, 3.05) is 0 Å². The molecule has 6 heteroatoms. The molecule has 2 saturated heterocycles. The Labute approximate surface area is 139 Å². The van der Waals surface area contributed by atoms with Crippen LogP contribution >= 0.6 is 11.8 Å². The van der Waals surface area contributed by atoms with Crippen LogP contribution in [0.25, 0.3) is 0 Å². The smallest absolute Gasteiger partial charge is 0.330 e. The minimum atomic E-state index is -1.82. The number of carbonyl (C=O) groups is 2. The highest BCUT2D eigenvalue weighted by molar-refractivity contribution is 8.01. The summed E-state index contributed by atoms with van der Waals surface area (Å²) in [4.78, 5) is 26.0. The normalized spacial score (nSPS) is 31.0. The number of aliphatic hydroxyl groups is 1. The van der Waals surface area contributed by atoms with E-state index < -0.39 is 33.6 Å². The second kappa shape index (κ2) is 5.29. The van der Waals surface area contributed by atoms with Gasteiger partial charge in [-0.05, 0) is 19.4 Å². The summed E-state index contributed by atoms with van der Waals surface area (Å²) in [6, 6.07) is 8.56. The van der Waals surface area contributed by atoms with E-state index in [9.17, 15) is 14.7 Å². The van der Waals surface area contributed by atoms with E-state index in [0.29, 0.717) is 0 Å². The molecule has 1 aromatic rings. The number of esters is 1. The van der Waals surface area contributed by atoms with Gasteiger partial charge in [0.05, 0.1) is 0 Å². The van der Waals surface area contributed by atoms with Crippen LogP contribution < -0.4 is 0 Å². The lowest BCUT2D eigenvalue weighted by Gasteiger charge is -2.46. The molecule has 0 aliphatic carbocycles. The third kappa shape index (κ3) is 2.32. The molecule has 1 aromatic carbocycles. The van der Waals surface area contributed by atoms with Gasteiger partial charge in [0.1, 0.15) is 18.0 Å². The second-order valence-electron chi connectivity index (χ2n) is 6.19. The van der Waals surface area contributed by atoms with Gasteiger partial charge in [-0.25, -0.2) is 4.79 Å². The fraction of sp³-hybridized carbons (Fsp3) is 0.412. The Balaban J connectivity index is 1.75. The van der Waals surface area contributed by atoms with Crippen LogP contribution in [0.1, 0.15) is 19.4 Å². The summed E-state index contributed by atoms with van der Waals surface area (Å²) in [5.41, 5.74) is -0.952. The molecular formula is C17H17NO4S. The van der Waals surface area contributed by atoms with E-state index in [2.05, 4.69) is 5.92 Å². The first-order valence-electron chi connectivity index (χ1n) is 7.22. The summed E-state index contributed by atoms with van der Waals surface area (Å²) in [5, 5.41) is 9.59. The van der Waals surface area contributed by atoms with Gasteiger partial charge in [0.15, 0.2) is 0 Å². The molecule has 2 heterocycles. The molecule has 2 aliphatic rings. The Kier molecular flexibility index (Phi) is 3.66. The van der Waals surface area contributed by atoms with Crippen LogP contribution in [-0.2, 0) is 20.9 Å². The number of ether oxygens (including phenoxy) is 1. The number of rotatable bonds is 3. The van der Waals surface area contributed by atoms with Crippen molar-refractivity contribution in [3.05, 3.63) is 35.9 Å². The summed E-state index contributed by atoms with van der Waals surface area (Å²) in [6.45, 7) is 3.83. The van der Waals surface area contributed by atoms with Crippen LogP contribution in [0.4, 0.5) is 0 Å². The number of amides is 1. The Morgan fingerprint density at radius 2 is 2.09 bits per heavy atom. The van der Waals surface area contributed by atoms with Gasteiger partial charge in [0.25, 0.3) is 5.91 Å². The Hall–Kier alpha value is -1.97. The predicted octanol–water partition coefficient (Wildman–Crippen LogP) is 1.16. The third-order valence-electron chi connectivity index (χ3n) is 4.19. The number of thioether (sulfide) groups is 1. The summed E-state index contributed by atoms with van der Waals surface area (Å²) in [5.74, 6) is 1.05. The van der Waals surface area contributed by atoms with E-state index in [0.717, 1.165) is 5.56 Å². The lowest BCUT2D eigenvalue weighted by atomic mass is 9.88. The molecule has 2 fully saturated rings. The van der Waals surface area contributed by atoms with E-state index in [-0.39, 0.29) is 6.61 Å². The summed E-state index contributed by atoms with van der Waals surface area (Å²) >= 11 is 1.32. The molecule has 2 aliphatic heterocycles. The zero-order valence-electron chi connectivity index (χ0n) is 12.9. The second-order valence-corrected chi connectivity index (χ2v) is 7.93. The summed E-state index contributed by atoms with van der Waals surface area (Å²) in [6.07, 6.45) is 5.28. The van der Waals surface area contributed by atoms with Crippen LogP contribution in [0.15, 0.2) is 30.3 Å². The fourth-order valence-corrected chi connectivity index (χ4v) is 4.55. The van der Waals surface area contributed by atoms with E-state index >= 15 is 0 Å². The van der Waals surface area contributed by atoms with E-state index in [1.807, 2.05) is 44.2 Å².